The second kappa shape index (κ2) is 8.75. The number of methoxy groups -OCH3 is 1. The first kappa shape index (κ1) is 18.4. The van der Waals surface area contributed by atoms with Crippen LogP contribution >= 0.6 is 0 Å². The van der Waals surface area contributed by atoms with Crippen molar-refractivity contribution in [2.45, 2.75) is 19.6 Å². The molecular formula is C17H22N2O4S. The number of ether oxygens (including phenoxy) is 1. The van der Waals surface area contributed by atoms with Crippen LogP contribution in [0.25, 0.3) is 11.5 Å². The highest BCUT2D eigenvalue weighted by Gasteiger charge is 2.15. The first-order chi connectivity index (χ1) is 11.5. The molecule has 0 aliphatic carbocycles. The van der Waals surface area contributed by atoms with Gasteiger partial charge in [0.1, 0.15) is 11.5 Å². The van der Waals surface area contributed by atoms with Crippen LogP contribution in [0.15, 0.2) is 28.7 Å². The average molecular weight is 350 g/mol. The van der Waals surface area contributed by atoms with Gasteiger partial charge in [-0.2, -0.15) is 0 Å². The fourth-order valence-electron chi connectivity index (χ4n) is 2.07. The molecule has 0 aliphatic rings. The number of aryl methyl sites for hydroxylation is 2. The van der Waals surface area contributed by atoms with E-state index in [1.165, 1.54) is 0 Å². The lowest BCUT2D eigenvalue weighted by molar-refractivity contribution is -0.118. The summed E-state index contributed by atoms with van der Waals surface area (Å²) in [5, 5.41) is 2.65. The summed E-state index contributed by atoms with van der Waals surface area (Å²) in [4.78, 5) is 16.1. The van der Waals surface area contributed by atoms with E-state index in [1.807, 2.05) is 31.2 Å². The normalized spacial score (nSPS) is 12.1. The molecule has 24 heavy (non-hydrogen) atoms. The second-order valence-corrected chi connectivity index (χ2v) is 6.92. The molecule has 0 aliphatic heterocycles. The third-order valence-corrected chi connectivity index (χ3v) is 4.59. The van der Waals surface area contributed by atoms with Crippen LogP contribution < -0.4 is 5.32 Å². The van der Waals surface area contributed by atoms with E-state index in [4.69, 9.17) is 9.15 Å². The third kappa shape index (κ3) is 5.28. The average Bonchev–Trinajstić information content (AvgIpc) is 2.89. The van der Waals surface area contributed by atoms with Crippen LogP contribution in [-0.4, -0.2) is 41.1 Å². The summed E-state index contributed by atoms with van der Waals surface area (Å²) in [5.41, 5.74) is 2.65. The van der Waals surface area contributed by atoms with Crippen molar-refractivity contribution < 1.29 is 18.2 Å². The Morgan fingerprint density at radius 2 is 2.00 bits per heavy atom. The van der Waals surface area contributed by atoms with Gasteiger partial charge < -0.3 is 14.5 Å². The number of amides is 1. The molecule has 0 fully saturated rings. The van der Waals surface area contributed by atoms with Crippen molar-refractivity contribution in [3.63, 3.8) is 0 Å². The Labute approximate surface area is 144 Å². The van der Waals surface area contributed by atoms with E-state index in [1.54, 1.807) is 14.0 Å². The standard InChI is InChI=1S/C17H22N2O4S/c1-12-4-6-14(7-5-12)17-19-15(13(2)23-17)10-24(21)11-16(20)18-8-9-22-3/h4-7H,8-11H2,1-3H3,(H,18,20)/t24-/m1/s1. The molecule has 1 amide bonds. The Bertz CT molecular complexity index is 710. The highest BCUT2D eigenvalue weighted by Crippen LogP contribution is 2.22. The van der Waals surface area contributed by atoms with Gasteiger partial charge in [0.05, 0.1) is 18.1 Å². The Hall–Kier alpha value is -1.99. The summed E-state index contributed by atoms with van der Waals surface area (Å²) in [7, 11) is 0.220. The molecule has 0 radical (unpaired) electrons. The first-order valence-corrected chi connectivity index (χ1v) is 9.12. The molecular weight excluding hydrogens is 328 g/mol. The van der Waals surface area contributed by atoms with Crippen LogP contribution in [0.4, 0.5) is 0 Å². The molecule has 0 saturated heterocycles. The Morgan fingerprint density at radius 3 is 2.67 bits per heavy atom. The van der Waals surface area contributed by atoms with E-state index in [2.05, 4.69) is 10.3 Å². The molecule has 1 aromatic heterocycles. The molecule has 1 heterocycles. The molecule has 130 valence electrons. The first-order valence-electron chi connectivity index (χ1n) is 7.63. The zero-order valence-corrected chi connectivity index (χ0v) is 14.9. The number of nitrogens with one attached hydrogen (secondary N) is 1. The van der Waals surface area contributed by atoms with Crippen molar-refractivity contribution in [2.75, 3.05) is 26.0 Å². The predicted octanol–water partition coefficient (Wildman–Crippen LogP) is 1.97. The van der Waals surface area contributed by atoms with E-state index in [0.29, 0.717) is 30.5 Å². The van der Waals surface area contributed by atoms with Gasteiger partial charge in [0.25, 0.3) is 0 Å². The van der Waals surface area contributed by atoms with E-state index in [0.717, 1.165) is 11.1 Å². The van der Waals surface area contributed by atoms with Gasteiger partial charge in [0.15, 0.2) is 0 Å². The van der Waals surface area contributed by atoms with Crippen molar-refractivity contribution in [1.29, 1.82) is 0 Å². The van der Waals surface area contributed by atoms with Crippen LogP contribution in [0.3, 0.4) is 0 Å². The second-order valence-electron chi connectivity index (χ2n) is 5.46. The monoisotopic (exact) mass is 350 g/mol. The Morgan fingerprint density at radius 1 is 1.29 bits per heavy atom. The maximum atomic E-state index is 12.1. The molecule has 7 heteroatoms. The number of benzene rings is 1. The van der Waals surface area contributed by atoms with Crippen molar-refractivity contribution >= 4 is 16.7 Å². The highest BCUT2D eigenvalue weighted by atomic mass is 32.2. The quantitative estimate of drug-likeness (QED) is 0.736. The van der Waals surface area contributed by atoms with E-state index < -0.39 is 10.8 Å². The molecule has 0 unspecified atom stereocenters. The number of hydrogen-bond donors (Lipinski definition) is 1. The lowest BCUT2D eigenvalue weighted by Crippen LogP contribution is -2.31. The van der Waals surface area contributed by atoms with E-state index in [9.17, 15) is 9.00 Å². The minimum atomic E-state index is -1.34. The van der Waals surface area contributed by atoms with Crippen molar-refractivity contribution in [1.82, 2.24) is 10.3 Å². The van der Waals surface area contributed by atoms with Gasteiger partial charge in [-0.25, -0.2) is 4.98 Å². The summed E-state index contributed by atoms with van der Waals surface area (Å²) in [6.07, 6.45) is 0. The van der Waals surface area contributed by atoms with Gasteiger partial charge in [-0.1, -0.05) is 17.7 Å². The lowest BCUT2D eigenvalue weighted by atomic mass is 10.1. The van der Waals surface area contributed by atoms with Crippen LogP contribution in [-0.2, 0) is 26.1 Å². The zero-order chi connectivity index (χ0) is 17.5. The van der Waals surface area contributed by atoms with Crippen molar-refractivity contribution in [3.05, 3.63) is 41.3 Å². The molecule has 2 rings (SSSR count). The summed E-state index contributed by atoms with van der Waals surface area (Å²) in [6.45, 7) is 4.64. The van der Waals surface area contributed by atoms with Crippen molar-refractivity contribution in [2.24, 2.45) is 0 Å². The number of carbonyl (C=O) groups is 1. The Kier molecular flexibility index (Phi) is 6.69. The largest absolute Gasteiger partial charge is 0.441 e. The lowest BCUT2D eigenvalue weighted by Gasteiger charge is -2.03. The van der Waals surface area contributed by atoms with E-state index >= 15 is 0 Å². The Balaban J connectivity index is 1.96. The fraction of sp³-hybridized carbons (Fsp3) is 0.412. The van der Waals surface area contributed by atoms with Crippen molar-refractivity contribution in [3.8, 4) is 11.5 Å². The topological polar surface area (TPSA) is 81.4 Å². The minimum absolute atomic E-state index is 0.0596. The molecule has 0 bridgehead atoms. The number of nitrogens with zero attached hydrogens (tertiary/aromatic N) is 1. The number of carbonyl (C=O) groups excluding carboxylic acids is 1. The number of rotatable bonds is 8. The summed E-state index contributed by atoms with van der Waals surface area (Å²) >= 11 is 0. The van der Waals surface area contributed by atoms with Gasteiger partial charge in [0.2, 0.25) is 11.8 Å². The minimum Gasteiger partial charge on any atom is -0.441 e. The van der Waals surface area contributed by atoms with E-state index in [-0.39, 0.29) is 17.4 Å². The van der Waals surface area contributed by atoms with Crippen LogP contribution in [0.5, 0.6) is 0 Å². The van der Waals surface area contributed by atoms with Gasteiger partial charge in [0, 0.05) is 30.0 Å². The molecule has 0 saturated carbocycles. The van der Waals surface area contributed by atoms with Gasteiger partial charge >= 0.3 is 0 Å². The maximum absolute atomic E-state index is 12.1. The maximum Gasteiger partial charge on any atom is 0.232 e. The predicted molar refractivity (Wildman–Crippen MR) is 93.0 cm³/mol. The SMILES string of the molecule is COCCNC(=O)C[S@](=O)Cc1nc(-c2ccc(C)cc2)oc1C. The third-order valence-electron chi connectivity index (χ3n) is 3.41. The molecule has 6 nitrogen and oxygen atoms in total. The van der Waals surface area contributed by atoms with Crippen LogP contribution in [0, 0.1) is 13.8 Å². The number of oxazole rings is 1. The number of aromatic nitrogens is 1. The number of hydrogen-bond acceptors (Lipinski definition) is 5. The fourth-order valence-corrected chi connectivity index (χ4v) is 3.14. The molecule has 0 spiro atoms. The molecule has 1 atom stereocenters. The van der Waals surface area contributed by atoms with Gasteiger partial charge in [-0.3, -0.25) is 9.00 Å². The summed E-state index contributed by atoms with van der Waals surface area (Å²) in [6, 6.07) is 7.84. The van der Waals surface area contributed by atoms with Crippen LogP contribution in [0.1, 0.15) is 17.0 Å². The molecule has 1 N–H and O–H groups in total. The van der Waals surface area contributed by atoms with Gasteiger partial charge in [-0.15, -0.1) is 0 Å². The molecule has 2 aromatic rings. The summed E-state index contributed by atoms with van der Waals surface area (Å²) < 4.78 is 22.6. The smallest absolute Gasteiger partial charge is 0.232 e. The summed E-state index contributed by atoms with van der Waals surface area (Å²) in [5.74, 6) is 1.00. The highest BCUT2D eigenvalue weighted by molar-refractivity contribution is 7.84. The van der Waals surface area contributed by atoms with Crippen LogP contribution in [0.2, 0.25) is 0 Å². The van der Waals surface area contributed by atoms with Gasteiger partial charge in [-0.05, 0) is 26.0 Å². The zero-order valence-electron chi connectivity index (χ0n) is 14.1. The molecule has 1 aromatic carbocycles.